The minimum absolute atomic E-state index is 0.292. The SMILES string of the molecule is COc1ccccc1CNC(=O)c1c(N)n(-c2cccc(C)c2)c2nc3ccccc3nc12. The highest BCUT2D eigenvalue weighted by Crippen LogP contribution is 2.31. The lowest BCUT2D eigenvalue weighted by atomic mass is 10.2. The zero-order valence-electron chi connectivity index (χ0n) is 18.4. The van der Waals surface area contributed by atoms with Crippen LogP contribution in [-0.4, -0.2) is 27.6 Å². The number of hydrogen-bond donors (Lipinski definition) is 2. The molecule has 0 saturated heterocycles. The van der Waals surface area contributed by atoms with Gasteiger partial charge in [0.05, 0.1) is 18.1 Å². The van der Waals surface area contributed by atoms with Crippen molar-refractivity contribution in [3.05, 3.63) is 89.5 Å². The Hall–Kier alpha value is -4.39. The predicted octanol–water partition coefficient (Wildman–Crippen LogP) is 4.40. The Morgan fingerprint density at radius 3 is 2.48 bits per heavy atom. The highest BCUT2D eigenvalue weighted by molar-refractivity contribution is 6.11. The van der Waals surface area contributed by atoms with Crippen LogP contribution in [0.5, 0.6) is 5.75 Å². The summed E-state index contributed by atoms with van der Waals surface area (Å²) in [7, 11) is 1.61. The van der Waals surface area contributed by atoms with Crippen molar-refractivity contribution in [2.75, 3.05) is 12.8 Å². The Balaban J connectivity index is 1.65. The summed E-state index contributed by atoms with van der Waals surface area (Å²) in [6.45, 7) is 2.30. The first kappa shape index (κ1) is 20.5. The fraction of sp³-hybridized carbons (Fsp3) is 0.115. The van der Waals surface area contributed by atoms with E-state index in [0.717, 1.165) is 22.3 Å². The number of benzene rings is 3. The van der Waals surface area contributed by atoms with Gasteiger partial charge in [-0.2, -0.15) is 0 Å². The van der Waals surface area contributed by atoms with E-state index in [1.54, 1.807) is 11.7 Å². The summed E-state index contributed by atoms with van der Waals surface area (Å²) < 4.78 is 7.19. The van der Waals surface area contributed by atoms with Crippen molar-refractivity contribution in [1.29, 1.82) is 0 Å². The molecule has 0 bridgehead atoms. The fourth-order valence-electron chi connectivity index (χ4n) is 4.03. The van der Waals surface area contributed by atoms with Crippen molar-refractivity contribution in [1.82, 2.24) is 19.9 Å². The third-order valence-electron chi connectivity index (χ3n) is 5.62. The molecule has 5 aromatic rings. The molecule has 33 heavy (non-hydrogen) atoms. The first-order valence-corrected chi connectivity index (χ1v) is 10.6. The zero-order chi connectivity index (χ0) is 22.9. The normalized spacial score (nSPS) is 11.1. The zero-order valence-corrected chi connectivity index (χ0v) is 18.4. The number of rotatable bonds is 5. The lowest BCUT2D eigenvalue weighted by Gasteiger charge is -2.10. The summed E-state index contributed by atoms with van der Waals surface area (Å²) >= 11 is 0. The summed E-state index contributed by atoms with van der Waals surface area (Å²) in [5.74, 6) is 0.682. The Bertz CT molecular complexity index is 1510. The average molecular weight is 438 g/mol. The van der Waals surface area contributed by atoms with Crippen LogP contribution in [-0.2, 0) is 6.54 Å². The Morgan fingerprint density at radius 2 is 1.73 bits per heavy atom. The van der Waals surface area contributed by atoms with Gasteiger partial charge in [0.25, 0.3) is 5.91 Å². The van der Waals surface area contributed by atoms with Gasteiger partial charge in [0, 0.05) is 17.8 Å². The molecule has 1 amide bonds. The first-order valence-electron chi connectivity index (χ1n) is 10.6. The number of nitrogens with one attached hydrogen (secondary N) is 1. The summed E-state index contributed by atoms with van der Waals surface area (Å²) in [4.78, 5) is 23.0. The number of hydrogen-bond acceptors (Lipinski definition) is 5. The number of anilines is 1. The van der Waals surface area contributed by atoms with Crippen LogP contribution in [0.25, 0.3) is 27.9 Å². The molecule has 3 N–H and O–H groups in total. The molecule has 0 aliphatic carbocycles. The number of aromatic nitrogens is 3. The van der Waals surface area contributed by atoms with Gasteiger partial charge in [-0.1, -0.05) is 42.5 Å². The van der Waals surface area contributed by atoms with Gasteiger partial charge < -0.3 is 15.8 Å². The molecule has 7 heteroatoms. The van der Waals surface area contributed by atoms with Crippen LogP contribution in [0.15, 0.2) is 72.8 Å². The number of nitrogen functional groups attached to an aromatic ring is 1. The molecule has 0 aliphatic heterocycles. The van der Waals surface area contributed by atoms with E-state index < -0.39 is 0 Å². The number of methoxy groups -OCH3 is 1. The monoisotopic (exact) mass is 437 g/mol. The van der Waals surface area contributed by atoms with Gasteiger partial charge in [0.2, 0.25) is 0 Å². The van der Waals surface area contributed by atoms with Gasteiger partial charge in [-0.15, -0.1) is 0 Å². The van der Waals surface area contributed by atoms with Crippen molar-refractivity contribution in [2.45, 2.75) is 13.5 Å². The third kappa shape index (κ3) is 3.63. The Morgan fingerprint density at radius 1 is 1.00 bits per heavy atom. The molecule has 0 atom stereocenters. The molecule has 3 aromatic carbocycles. The first-order chi connectivity index (χ1) is 16.1. The molecule has 0 saturated carbocycles. The predicted molar refractivity (Wildman–Crippen MR) is 130 cm³/mol. The molecule has 2 heterocycles. The van der Waals surface area contributed by atoms with Crippen molar-refractivity contribution < 1.29 is 9.53 Å². The van der Waals surface area contributed by atoms with Gasteiger partial charge in [0.1, 0.15) is 22.6 Å². The molecule has 0 unspecified atom stereocenters. The van der Waals surface area contributed by atoms with Crippen LogP contribution in [0.1, 0.15) is 21.5 Å². The largest absolute Gasteiger partial charge is 0.496 e. The molecule has 0 fully saturated rings. The van der Waals surface area contributed by atoms with E-state index in [0.29, 0.717) is 40.4 Å². The smallest absolute Gasteiger partial charge is 0.257 e. The third-order valence-corrected chi connectivity index (χ3v) is 5.62. The number of carbonyl (C=O) groups excluding carboxylic acids is 1. The summed E-state index contributed by atoms with van der Waals surface area (Å²) in [5.41, 5.74) is 12.1. The quantitative estimate of drug-likeness (QED) is 0.425. The van der Waals surface area contributed by atoms with Crippen molar-refractivity contribution in [3.8, 4) is 11.4 Å². The molecule has 0 aliphatic rings. The second-order valence-electron chi connectivity index (χ2n) is 7.81. The van der Waals surface area contributed by atoms with Crippen LogP contribution in [0.3, 0.4) is 0 Å². The summed E-state index contributed by atoms with van der Waals surface area (Å²) in [6, 6.07) is 23.0. The van der Waals surface area contributed by atoms with Gasteiger partial charge in [-0.3, -0.25) is 9.36 Å². The van der Waals surface area contributed by atoms with E-state index >= 15 is 0 Å². The van der Waals surface area contributed by atoms with Gasteiger partial charge in [-0.25, -0.2) is 9.97 Å². The minimum atomic E-state index is -0.320. The second-order valence-corrected chi connectivity index (χ2v) is 7.81. The number of ether oxygens (including phenoxy) is 1. The molecular formula is C26H23N5O2. The van der Waals surface area contributed by atoms with Gasteiger partial charge >= 0.3 is 0 Å². The Labute approximate surface area is 190 Å². The van der Waals surface area contributed by atoms with E-state index in [4.69, 9.17) is 20.4 Å². The number of para-hydroxylation sites is 3. The lowest BCUT2D eigenvalue weighted by molar-refractivity contribution is 0.0953. The fourth-order valence-corrected chi connectivity index (χ4v) is 4.03. The maximum absolute atomic E-state index is 13.4. The molecule has 7 nitrogen and oxygen atoms in total. The van der Waals surface area contributed by atoms with Crippen LogP contribution in [0, 0.1) is 6.92 Å². The van der Waals surface area contributed by atoms with E-state index in [-0.39, 0.29) is 5.91 Å². The molecule has 0 radical (unpaired) electrons. The van der Waals surface area contributed by atoms with Gasteiger partial charge in [-0.05, 0) is 42.8 Å². The lowest BCUT2D eigenvalue weighted by Crippen LogP contribution is -2.24. The van der Waals surface area contributed by atoms with E-state index in [1.807, 2.05) is 79.7 Å². The number of aryl methyl sites for hydroxylation is 1. The van der Waals surface area contributed by atoms with Crippen molar-refractivity contribution in [2.24, 2.45) is 0 Å². The maximum atomic E-state index is 13.4. The summed E-state index contributed by atoms with van der Waals surface area (Å²) in [5, 5.41) is 2.97. The molecule has 2 aromatic heterocycles. The molecule has 0 spiro atoms. The highest BCUT2D eigenvalue weighted by Gasteiger charge is 2.25. The summed E-state index contributed by atoms with van der Waals surface area (Å²) in [6.07, 6.45) is 0. The minimum Gasteiger partial charge on any atom is -0.496 e. The maximum Gasteiger partial charge on any atom is 0.257 e. The average Bonchev–Trinajstić information content (AvgIpc) is 3.11. The van der Waals surface area contributed by atoms with Crippen molar-refractivity contribution >= 4 is 33.9 Å². The highest BCUT2D eigenvalue weighted by atomic mass is 16.5. The van der Waals surface area contributed by atoms with Crippen LogP contribution in [0.4, 0.5) is 5.82 Å². The van der Waals surface area contributed by atoms with E-state index in [1.165, 1.54) is 0 Å². The van der Waals surface area contributed by atoms with Gasteiger partial charge in [0.15, 0.2) is 5.65 Å². The standard InChI is InChI=1S/C26H23N5O2/c1-16-8-7-10-18(14-16)31-24(27)22(23-25(31)30-20-12-5-4-11-19(20)29-23)26(32)28-15-17-9-3-6-13-21(17)33-2/h3-14H,15,27H2,1-2H3,(H,28,32). The molecular weight excluding hydrogens is 414 g/mol. The second kappa shape index (κ2) is 8.27. The van der Waals surface area contributed by atoms with Crippen LogP contribution < -0.4 is 15.8 Å². The number of nitrogens with two attached hydrogens (primary N) is 1. The Kier molecular flexibility index (Phi) is 5.14. The number of carbonyl (C=O) groups is 1. The molecule has 5 rings (SSSR count). The van der Waals surface area contributed by atoms with E-state index in [2.05, 4.69) is 5.32 Å². The van der Waals surface area contributed by atoms with E-state index in [9.17, 15) is 4.79 Å². The van der Waals surface area contributed by atoms with Crippen LogP contribution in [0.2, 0.25) is 0 Å². The number of fused-ring (bicyclic) bond motifs is 2. The topological polar surface area (TPSA) is 95.1 Å². The molecule has 164 valence electrons. The number of nitrogens with zero attached hydrogens (tertiary/aromatic N) is 3. The number of amides is 1. The van der Waals surface area contributed by atoms with Crippen LogP contribution >= 0.6 is 0 Å². The van der Waals surface area contributed by atoms with Crippen molar-refractivity contribution in [3.63, 3.8) is 0 Å².